The molecule has 0 heterocycles. The van der Waals surface area contributed by atoms with Gasteiger partial charge in [-0.15, -0.1) is 11.6 Å². The quantitative estimate of drug-likeness (QED) is 0.762. The summed E-state index contributed by atoms with van der Waals surface area (Å²) < 4.78 is 0. The van der Waals surface area contributed by atoms with Gasteiger partial charge >= 0.3 is 0 Å². The highest BCUT2D eigenvalue weighted by Gasteiger charge is 2.26. The van der Waals surface area contributed by atoms with E-state index in [0.29, 0.717) is 23.0 Å². The Morgan fingerprint density at radius 1 is 1.54 bits per heavy atom. The lowest BCUT2D eigenvalue weighted by Crippen LogP contribution is -2.36. The summed E-state index contributed by atoms with van der Waals surface area (Å²) in [6.45, 7) is 0.837. The van der Waals surface area contributed by atoms with Crippen LogP contribution < -0.4 is 5.32 Å². The average molecular weight is 269 g/mol. The van der Waals surface area contributed by atoms with Crippen molar-refractivity contribution >= 4 is 33.4 Å². The summed E-state index contributed by atoms with van der Waals surface area (Å²) in [7, 11) is 0. The Morgan fingerprint density at radius 3 is 2.77 bits per heavy atom. The van der Waals surface area contributed by atoms with Crippen LogP contribution in [0.2, 0.25) is 0 Å². The maximum atomic E-state index is 11.1. The molecule has 1 aliphatic carbocycles. The molecule has 13 heavy (non-hydrogen) atoms. The first kappa shape index (κ1) is 11.3. The SMILES string of the molecule is O=C(CCCCl)NCC1CC(Br)C1. The minimum absolute atomic E-state index is 0.138. The Balaban J connectivity index is 1.96. The van der Waals surface area contributed by atoms with E-state index in [4.69, 9.17) is 11.6 Å². The Labute approximate surface area is 92.5 Å². The molecule has 4 heteroatoms. The second-order valence-corrected chi connectivity index (χ2v) is 5.20. The van der Waals surface area contributed by atoms with Gasteiger partial charge < -0.3 is 5.32 Å². The van der Waals surface area contributed by atoms with Gasteiger partial charge in [0.2, 0.25) is 5.91 Å². The van der Waals surface area contributed by atoms with E-state index < -0.39 is 0 Å². The van der Waals surface area contributed by atoms with Gasteiger partial charge in [-0.2, -0.15) is 0 Å². The molecule has 0 aromatic heterocycles. The van der Waals surface area contributed by atoms with Crippen LogP contribution in [0.1, 0.15) is 25.7 Å². The maximum Gasteiger partial charge on any atom is 0.220 e. The molecule has 0 atom stereocenters. The third-order valence-electron chi connectivity index (χ3n) is 2.30. The van der Waals surface area contributed by atoms with Crippen LogP contribution in [0.25, 0.3) is 0 Å². The van der Waals surface area contributed by atoms with Gasteiger partial charge in [-0.1, -0.05) is 15.9 Å². The minimum atomic E-state index is 0.138. The minimum Gasteiger partial charge on any atom is -0.356 e. The van der Waals surface area contributed by atoms with Crippen LogP contribution in [0.15, 0.2) is 0 Å². The van der Waals surface area contributed by atoms with E-state index in [1.165, 1.54) is 12.8 Å². The Bertz CT molecular complexity index is 171. The van der Waals surface area contributed by atoms with Crippen LogP contribution in [-0.4, -0.2) is 23.2 Å². The standard InChI is InChI=1S/C9H15BrClNO/c10-8-4-7(5-8)6-12-9(13)2-1-3-11/h7-8H,1-6H2,(H,12,13). The van der Waals surface area contributed by atoms with Crippen molar-refractivity contribution in [3.63, 3.8) is 0 Å². The number of carbonyl (C=O) groups excluding carboxylic acids is 1. The zero-order valence-electron chi connectivity index (χ0n) is 7.56. The lowest BCUT2D eigenvalue weighted by Gasteiger charge is -2.31. The zero-order valence-corrected chi connectivity index (χ0v) is 9.90. The van der Waals surface area contributed by atoms with Crippen LogP contribution in [0.4, 0.5) is 0 Å². The highest BCUT2D eigenvalue weighted by Crippen LogP contribution is 2.32. The summed E-state index contributed by atoms with van der Waals surface area (Å²) in [5, 5.41) is 2.92. The summed E-state index contributed by atoms with van der Waals surface area (Å²) in [6.07, 6.45) is 3.72. The number of halogens is 2. The molecule has 0 spiro atoms. The van der Waals surface area contributed by atoms with Crippen LogP contribution in [0.3, 0.4) is 0 Å². The van der Waals surface area contributed by atoms with Crippen LogP contribution in [0.5, 0.6) is 0 Å². The summed E-state index contributed by atoms with van der Waals surface area (Å²) in [5.74, 6) is 1.39. The molecule has 0 unspecified atom stereocenters. The molecule has 1 saturated carbocycles. The van der Waals surface area contributed by atoms with Crippen molar-refractivity contribution < 1.29 is 4.79 Å². The smallest absolute Gasteiger partial charge is 0.220 e. The molecule has 1 N–H and O–H groups in total. The van der Waals surface area contributed by atoms with E-state index in [1.807, 2.05) is 0 Å². The van der Waals surface area contributed by atoms with E-state index in [-0.39, 0.29) is 5.91 Å². The van der Waals surface area contributed by atoms with Gasteiger partial charge in [0.1, 0.15) is 0 Å². The van der Waals surface area contributed by atoms with Crippen molar-refractivity contribution in [3.05, 3.63) is 0 Å². The van der Waals surface area contributed by atoms with E-state index in [2.05, 4.69) is 21.2 Å². The second-order valence-electron chi connectivity index (χ2n) is 3.53. The Morgan fingerprint density at radius 2 is 2.23 bits per heavy atom. The highest BCUT2D eigenvalue weighted by atomic mass is 79.9. The number of amides is 1. The first-order chi connectivity index (χ1) is 6.22. The van der Waals surface area contributed by atoms with Crippen LogP contribution in [-0.2, 0) is 4.79 Å². The van der Waals surface area contributed by atoms with Crippen molar-refractivity contribution in [3.8, 4) is 0 Å². The van der Waals surface area contributed by atoms with Crippen molar-refractivity contribution in [1.82, 2.24) is 5.32 Å². The molecule has 2 nitrogen and oxygen atoms in total. The van der Waals surface area contributed by atoms with Gasteiger partial charge in [-0.3, -0.25) is 4.79 Å². The molecule has 1 rings (SSSR count). The van der Waals surface area contributed by atoms with Gasteiger partial charge in [0.25, 0.3) is 0 Å². The molecule has 1 aliphatic rings. The second kappa shape index (κ2) is 5.86. The lowest BCUT2D eigenvalue weighted by atomic mass is 9.85. The number of alkyl halides is 2. The molecule has 1 fully saturated rings. The van der Waals surface area contributed by atoms with Crippen molar-refractivity contribution in [2.75, 3.05) is 12.4 Å². The zero-order chi connectivity index (χ0) is 9.68. The van der Waals surface area contributed by atoms with Gasteiger partial charge in [0, 0.05) is 23.7 Å². The summed E-state index contributed by atoms with van der Waals surface area (Å²) in [5.41, 5.74) is 0. The summed E-state index contributed by atoms with van der Waals surface area (Å²) in [4.78, 5) is 11.8. The predicted octanol–water partition coefficient (Wildman–Crippen LogP) is 2.30. The number of rotatable bonds is 5. The summed E-state index contributed by atoms with van der Waals surface area (Å²) in [6, 6.07) is 0. The number of nitrogens with one attached hydrogen (secondary N) is 1. The van der Waals surface area contributed by atoms with Crippen molar-refractivity contribution in [1.29, 1.82) is 0 Å². The summed E-state index contributed by atoms with van der Waals surface area (Å²) >= 11 is 9.00. The number of hydrogen-bond acceptors (Lipinski definition) is 1. The molecule has 0 aromatic rings. The highest BCUT2D eigenvalue weighted by molar-refractivity contribution is 9.09. The van der Waals surface area contributed by atoms with Gasteiger partial charge in [0.05, 0.1) is 0 Å². The monoisotopic (exact) mass is 267 g/mol. The number of carbonyl (C=O) groups is 1. The molecule has 0 aromatic carbocycles. The average Bonchev–Trinajstić information content (AvgIpc) is 2.07. The van der Waals surface area contributed by atoms with Gasteiger partial charge in [-0.25, -0.2) is 0 Å². The topological polar surface area (TPSA) is 29.1 Å². The first-order valence-corrected chi connectivity index (χ1v) is 6.14. The van der Waals surface area contributed by atoms with E-state index in [0.717, 1.165) is 13.0 Å². The van der Waals surface area contributed by atoms with Gasteiger partial charge in [-0.05, 0) is 25.2 Å². The fourth-order valence-electron chi connectivity index (χ4n) is 1.39. The lowest BCUT2D eigenvalue weighted by molar-refractivity contribution is -0.121. The van der Waals surface area contributed by atoms with Crippen LogP contribution in [0, 0.1) is 5.92 Å². The molecule has 1 amide bonds. The first-order valence-electron chi connectivity index (χ1n) is 4.69. The molecular weight excluding hydrogens is 253 g/mol. The van der Waals surface area contributed by atoms with Crippen molar-refractivity contribution in [2.45, 2.75) is 30.5 Å². The molecule has 0 radical (unpaired) electrons. The fourth-order valence-corrected chi connectivity index (χ4v) is 2.59. The molecule has 0 bridgehead atoms. The molecule has 0 aliphatic heterocycles. The molecule has 0 saturated heterocycles. The third-order valence-corrected chi connectivity index (χ3v) is 3.32. The Hall–Kier alpha value is 0.240. The van der Waals surface area contributed by atoms with Crippen LogP contribution >= 0.6 is 27.5 Å². The third kappa shape index (κ3) is 4.32. The fraction of sp³-hybridized carbons (Fsp3) is 0.889. The normalized spacial score (nSPS) is 26.6. The van der Waals surface area contributed by atoms with E-state index in [9.17, 15) is 4.79 Å². The molecule has 76 valence electrons. The molecular formula is C9H15BrClNO. The largest absolute Gasteiger partial charge is 0.356 e. The van der Waals surface area contributed by atoms with E-state index in [1.54, 1.807) is 0 Å². The number of hydrogen-bond donors (Lipinski definition) is 1. The van der Waals surface area contributed by atoms with E-state index >= 15 is 0 Å². The van der Waals surface area contributed by atoms with Crippen molar-refractivity contribution in [2.24, 2.45) is 5.92 Å². The maximum absolute atomic E-state index is 11.1. The Kier molecular flexibility index (Phi) is 5.10. The van der Waals surface area contributed by atoms with Gasteiger partial charge in [0.15, 0.2) is 0 Å². The predicted molar refractivity (Wildman–Crippen MR) is 58.4 cm³/mol.